The molecule has 0 aromatic carbocycles. The number of carboxylic acid groups (broad SMARTS) is 5. The summed E-state index contributed by atoms with van der Waals surface area (Å²) >= 11 is 0. The lowest BCUT2D eigenvalue weighted by Gasteiger charge is -2.49. The van der Waals surface area contributed by atoms with Gasteiger partial charge >= 0.3 is 29.8 Å². The minimum absolute atomic E-state index is 0.143. The van der Waals surface area contributed by atoms with Gasteiger partial charge in [-0.2, -0.15) is 0 Å². The minimum atomic E-state index is -2.98. The van der Waals surface area contributed by atoms with Crippen molar-refractivity contribution in [3.63, 3.8) is 0 Å². The van der Waals surface area contributed by atoms with Crippen molar-refractivity contribution in [1.82, 2.24) is 19.5 Å². The highest BCUT2D eigenvalue weighted by Crippen LogP contribution is 2.59. The fraction of sp³-hybridized carbons (Fsp3) is 0.500. The van der Waals surface area contributed by atoms with E-state index in [1.165, 1.54) is 0 Å². The van der Waals surface area contributed by atoms with Gasteiger partial charge in [0, 0.05) is 0 Å². The van der Waals surface area contributed by atoms with Gasteiger partial charge in [0.25, 0.3) is 0 Å². The molecule has 19 heteroatoms. The van der Waals surface area contributed by atoms with E-state index in [1.54, 1.807) is 0 Å². The van der Waals surface area contributed by atoms with Crippen LogP contribution in [-0.2, 0) is 43.9 Å². The molecule has 39 heavy (non-hydrogen) atoms. The van der Waals surface area contributed by atoms with Gasteiger partial charge in [-0.3, -0.25) is 19.0 Å². The molecular formula is C20H23N5O14. The van der Waals surface area contributed by atoms with Crippen LogP contribution in [0.5, 0.6) is 0 Å². The number of aliphatic hydroxyl groups is 1. The molecule has 0 amide bonds. The van der Waals surface area contributed by atoms with Crippen molar-refractivity contribution in [3.05, 3.63) is 12.7 Å². The van der Waals surface area contributed by atoms with Crippen molar-refractivity contribution in [2.24, 2.45) is 0 Å². The van der Waals surface area contributed by atoms with Crippen LogP contribution in [0.4, 0.5) is 5.82 Å². The van der Waals surface area contributed by atoms with Gasteiger partial charge in [-0.15, -0.1) is 0 Å². The topological polar surface area (TPSA) is 304 Å². The van der Waals surface area contributed by atoms with E-state index in [0.29, 0.717) is 0 Å². The van der Waals surface area contributed by atoms with E-state index in [-0.39, 0.29) is 17.0 Å². The highest BCUT2D eigenvalue weighted by atomic mass is 16.7. The molecule has 19 nitrogen and oxygen atoms in total. The normalized spacial score (nSPS) is 26.4. The number of hydrogen-bond donors (Lipinski definition) is 7. The van der Waals surface area contributed by atoms with Crippen LogP contribution < -0.4 is 5.73 Å². The highest BCUT2D eigenvalue weighted by molar-refractivity contribution is 5.82. The van der Waals surface area contributed by atoms with Crippen molar-refractivity contribution < 1.29 is 68.8 Å². The first kappa shape index (κ1) is 29.1. The standard InChI is InChI=1S/C20H23N5O14/c21-16-15-17(23-7-22-16)25(8-24-15)20(3-12(31)32)19(2-11(29)30,38-6-14(35)36)18(1-10(27)28,9(4-26)39-20)37-5-13(33)34/h7-9,26H,1-6H2,(H,27,28)(H,29,30)(H,31,32)(H,33,34)(H,35,36)(H2,21,22,23)/t9-,18-,19-,20-/m1/s1. The van der Waals surface area contributed by atoms with E-state index in [1.807, 2.05) is 0 Å². The molecule has 3 heterocycles. The quantitative estimate of drug-likeness (QED) is 0.127. The molecule has 0 bridgehead atoms. The third-order valence-electron chi connectivity index (χ3n) is 6.19. The van der Waals surface area contributed by atoms with Gasteiger partial charge in [-0.25, -0.2) is 24.5 Å². The zero-order chi connectivity index (χ0) is 29.2. The van der Waals surface area contributed by atoms with Crippen LogP contribution in [0.25, 0.3) is 11.2 Å². The molecule has 1 aliphatic heterocycles. The van der Waals surface area contributed by atoms with Gasteiger partial charge in [0.2, 0.25) is 0 Å². The minimum Gasteiger partial charge on any atom is -0.481 e. The number of nitrogens with zero attached hydrogens (tertiary/aromatic N) is 4. The highest BCUT2D eigenvalue weighted by Gasteiger charge is 2.78. The Morgan fingerprint density at radius 1 is 0.872 bits per heavy atom. The van der Waals surface area contributed by atoms with E-state index in [9.17, 15) is 54.6 Å². The number of carboxylic acids is 5. The molecule has 3 rings (SSSR count). The van der Waals surface area contributed by atoms with E-state index in [4.69, 9.17) is 19.9 Å². The number of rotatable bonds is 14. The molecule has 4 atom stereocenters. The second kappa shape index (κ2) is 10.7. The number of anilines is 1. The number of aromatic nitrogens is 4. The lowest BCUT2D eigenvalue weighted by atomic mass is 9.69. The maximum atomic E-state index is 12.3. The summed E-state index contributed by atoms with van der Waals surface area (Å²) in [5.41, 5.74) is -3.17. The van der Waals surface area contributed by atoms with Crippen LogP contribution in [-0.4, -0.2) is 117 Å². The second-order valence-corrected chi connectivity index (χ2v) is 8.41. The molecule has 0 spiro atoms. The Balaban J connectivity index is 2.55. The molecule has 0 radical (unpaired) electrons. The van der Waals surface area contributed by atoms with E-state index >= 15 is 0 Å². The molecule has 2 aromatic heterocycles. The summed E-state index contributed by atoms with van der Waals surface area (Å²) < 4.78 is 17.8. The molecule has 0 unspecified atom stereocenters. The molecule has 8 N–H and O–H groups in total. The first-order chi connectivity index (χ1) is 18.2. The van der Waals surface area contributed by atoms with Gasteiger partial charge < -0.3 is 50.6 Å². The van der Waals surface area contributed by atoms with Crippen molar-refractivity contribution in [2.75, 3.05) is 25.6 Å². The largest absolute Gasteiger partial charge is 0.481 e. The summed E-state index contributed by atoms with van der Waals surface area (Å²) in [5.74, 6) is -8.83. The molecule has 2 aromatic rings. The van der Waals surface area contributed by atoms with Gasteiger partial charge in [-0.05, 0) is 0 Å². The monoisotopic (exact) mass is 557 g/mol. The smallest absolute Gasteiger partial charge is 0.329 e. The van der Waals surface area contributed by atoms with Gasteiger partial charge in [0.1, 0.15) is 36.8 Å². The van der Waals surface area contributed by atoms with E-state index in [2.05, 4.69) is 15.0 Å². The van der Waals surface area contributed by atoms with Crippen molar-refractivity contribution >= 4 is 46.8 Å². The van der Waals surface area contributed by atoms with Gasteiger partial charge in [0.05, 0.1) is 32.2 Å². The first-order valence-electron chi connectivity index (χ1n) is 10.8. The molecule has 1 saturated heterocycles. The zero-order valence-corrected chi connectivity index (χ0v) is 19.8. The molecule has 1 fully saturated rings. The Labute approximate surface area is 216 Å². The molecule has 1 aliphatic rings. The van der Waals surface area contributed by atoms with Crippen LogP contribution >= 0.6 is 0 Å². The average Bonchev–Trinajstić information content (AvgIpc) is 3.34. The van der Waals surface area contributed by atoms with Crippen molar-refractivity contribution in [1.29, 1.82) is 0 Å². The number of carbonyl (C=O) groups is 5. The van der Waals surface area contributed by atoms with E-state index < -0.39 is 92.0 Å². The Morgan fingerprint density at radius 3 is 2.00 bits per heavy atom. The number of aliphatic carboxylic acids is 5. The first-order valence-corrected chi connectivity index (χ1v) is 10.8. The Bertz CT molecular complexity index is 1310. The number of hydrogen-bond acceptors (Lipinski definition) is 13. The maximum absolute atomic E-state index is 12.3. The zero-order valence-electron chi connectivity index (χ0n) is 19.8. The molecule has 0 saturated carbocycles. The average molecular weight is 557 g/mol. The van der Waals surface area contributed by atoms with Crippen LogP contribution in [0, 0.1) is 0 Å². The Morgan fingerprint density at radius 2 is 1.46 bits per heavy atom. The number of fused-ring (bicyclic) bond motifs is 1. The van der Waals surface area contributed by atoms with Crippen molar-refractivity contribution in [2.45, 2.75) is 42.3 Å². The van der Waals surface area contributed by atoms with Crippen molar-refractivity contribution in [3.8, 4) is 0 Å². The van der Waals surface area contributed by atoms with Crippen LogP contribution in [0.3, 0.4) is 0 Å². The number of aliphatic hydroxyl groups excluding tert-OH is 1. The SMILES string of the molecule is Nc1ncnc2c1ncn2[C@]1(CC(=O)O)O[C@H](CO)[C@@](CC(=O)O)(OCC(=O)O)[C@@]1(CC(=O)O)OCC(=O)O. The lowest BCUT2D eigenvalue weighted by molar-refractivity contribution is -0.254. The summed E-state index contributed by atoms with van der Waals surface area (Å²) in [7, 11) is 0. The summed E-state index contributed by atoms with van der Waals surface area (Å²) in [6, 6.07) is 0. The predicted octanol–water partition coefficient (Wildman–Crippen LogP) is -2.44. The van der Waals surface area contributed by atoms with Gasteiger partial charge in [-0.1, -0.05) is 0 Å². The van der Waals surface area contributed by atoms with Crippen LogP contribution in [0.15, 0.2) is 12.7 Å². The number of ether oxygens (including phenoxy) is 3. The lowest BCUT2D eigenvalue weighted by Crippen LogP contribution is -2.69. The second-order valence-electron chi connectivity index (χ2n) is 8.41. The summed E-state index contributed by atoms with van der Waals surface area (Å²) in [4.78, 5) is 71.5. The van der Waals surface area contributed by atoms with Crippen LogP contribution in [0.2, 0.25) is 0 Å². The third kappa shape index (κ3) is 4.90. The number of nitrogen functional groups attached to an aromatic ring is 1. The fourth-order valence-electron chi connectivity index (χ4n) is 4.95. The molecular weight excluding hydrogens is 534 g/mol. The predicted molar refractivity (Wildman–Crippen MR) is 119 cm³/mol. The number of imidazole rings is 1. The summed E-state index contributed by atoms with van der Waals surface area (Å²) in [5, 5.41) is 58.7. The number of nitrogens with two attached hydrogens (primary N) is 1. The van der Waals surface area contributed by atoms with E-state index in [0.717, 1.165) is 17.2 Å². The Hall–Kier alpha value is -4.46. The summed E-state index contributed by atoms with van der Waals surface area (Å²) in [6.45, 7) is -3.86. The molecule has 212 valence electrons. The summed E-state index contributed by atoms with van der Waals surface area (Å²) in [6.07, 6.45) is -4.17. The fourth-order valence-corrected chi connectivity index (χ4v) is 4.95. The Kier molecular flexibility index (Phi) is 8.00. The maximum Gasteiger partial charge on any atom is 0.329 e. The van der Waals surface area contributed by atoms with Gasteiger partial charge in [0.15, 0.2) is 22.8 Å². The van der Waals surface area contributed by atoms with Crippen LogP contribution in [0.1, 0.15) is 19.3 Å². The molecule has 0 aliphatic carbocycles. The third-order valence-corrected chi connectivity index (χ3v) is 6.19.